The van der Waals surface area contributed by atoms with Gasteiger partial charge >= 0.3 is 0 Å². The van der Waals surface area contributed by atoms with Crippen molar-refractivity contribution in [2.75, 3.05) is 6.54 Å². The minimum atomic E-state index is 0.664. The van der Waals surface area contributed by atoms with Gasteiger partial charge in [-0.2, -0.15) is 0 Å². The van der Waals surface area contributed by atoms with Crippen LogP contribution in [0.25, 0.3) is 16.7 Å². The Bertz CT molecular complexity index is 701. The summed E-state index contributed by atoms with van der Waals surface area (Å²) in [6.07, 6.45) is 1.75. The summed E-state index contributed by atoms with van der Waals surface area (Å²) in [4.78, 5) is 4.55. The third-order valence-corrected chi connectivity index (χ3v) is 3.07. The first-order chi connectivity index (χ1) is 8.81. The van der Waals surface area contributed by atoms with Crippen molar-refractivity contribution in [3.63, 3.8) is 0 Å². The van der Waals surface area contributed by atoms with Gasteiger partial charge in [-0.1, -0.05) is 12.1 Å². The standard InChI is InChI=1S/C13H15N5/c1-9-13-17-16-12(7-4-8-14)18(13)11-6-3-2-5-10(11)15-9/h2-3,5-6H,4,7-8,14H2,1H3. The Kier molecular flexibility index (Phi) is 2.68. The van der Waals surface area contributed by atoms with E-state index in [0.29, 0.717) is 6.54 Å². The van der Waals surface area contributed by atoms with Crippen molar-refractivity contribution in [3.05, 3.63) is 35.8 Å². The van der Waals surface area contributed by atoms with E-state index in [-0.39, 0.29) is 0 Å². The quantitative estimate of drug-likeness (QED) is 0.754. The van der Waals surface area contributed by atoms with Crippen LogP contribution in [0, 0.1) is 6.92 Å². The van der Waals surface area contributed by atoms with Gasteiger partial charge in [0.1, 0.15) is 5.82 Å². The lowest BCUT2D eigenvalue weighted by atomic mass is 10.2. The fraction of sp³-hybridized carbons (Fsp3) is 0.308. The van der Waals surface area contributed by atoms with E-state index in [1.54, 1.807) is 0 Å². The van der Waals surface area contributed by atoms with Gasteiger partial charge in [-0.25, -0.2) is 4.98 Å². The summed E-state index contributed by atoms with van der Waals surface area (Å²) in [5.41, 5.74) is 9.32. The van der Waals surface area contributed by atoms with Crippen molar-refractivity contribution in [1.82, 2.24) is 19.6 Å². The molecule has 0 spiro atoms. The molecule has 3 rings (SSSR count). The van der Waals surface area contributed by atoms with Gasteiger partial charge in [-0.3, -0.25) is 4.40 Å². The van der Waals surface area contributed by atoms with E-state index in [4.69, 9.17) is 5.73 Å². The zero-order chi connectivity index (χ0) is 12.5. The molecule has 0 atom stereocenters. The summed E-state index contributed by atoms with van der Waals surface area (Å²) >= 11 is 0. The number of aryl methyl sites for hydroxylation is 2. The first-order valence-corrected chi connectivity index (χ1v) is 6.10. The van der Waals surface area contributed by atoms with Gasteiger partial charge in [-0.05, 0) is 32.0 Å². The fourth-order valence-electron chi connectivity index (χ4n) is 2.20. The first-order valence-electron chi connectivity index (χ1n) is 6.10. The summed E-state index contributed by atoms with van der Waals surface area (Å²) in [5.74, 6) is 0.956. The van der Waals surface area contributed by atoms with Gasteiger partial charge in [0.15, 0.2) is 5.65 Å². The van der Waals surface area contributed by atoms with Gasteiger partial charge in [0, 0.05) is 6.42 Å². The zero-order valence-corrected chi connectivity index (χ0v) is 10.3. The molecule has 0 saturated carbocycles. The van der Waals surface area contributed by atoms with E-state index in [1.165, 1.54) is 0 Å². The zero-order valence-electron chi connectivity index (χ0n) is 10.3. The number of para-hydroxylation sites is 2. The summed E-state index contributed by atoms with van der Waals surface area (Å²) in [5, 5.41) is 8.49. The van der Waals surface area contributed by atoms with Crippen molar-refractivity contribution in [3.8, 4) is 0 Å². The Balaban J connectivity index is 2.33. The molecule has 5 nitrogen and oxygen atoms in total. The van der Waals surface area contributed by atoms with Crippen molar-refractivity contribution < 1.29 is 0 Å². The van der Waals surface area contributed by atoms with Crippen molar-refractivity contribution in [2.24, 2.45) is 5.73 Å². The average Bonchev–Trinajstić information content (AvgIpc) is 2.81. The number of fused-ring (bicyclic) bond motifs is 3. The molecule has 0 unspecified atom stereocenters. The van der Waals surface area contributed by atoms with E-state index in [0.717, 1.165) is 41.0 Å². The Hall–Kier alpha value is -2.01. The summed E-state index contributed by atoms with van der Waals surface area (Å²) in [6.45, 7) is 2.63. The van der Waals surface area contributed by atoms with Gasteiger partial charge in [0.2, 0.25) is 0 Å². The number of aromatic nitrogens is 4. The van der Waals surface area contributed by atoms with Crippen molar-refractivity contribution in [2.45, 2.75) is 19.8 Å². The van der Waals surface area contributed by atoms with Crippen molar-refractivity contribution in [1.29, 1.82) is 0 Å². The van der Waals surface area contributed by atoms with Crippen molar-refractivity contribution >= 4 is 16.7 Å². The molecule has 0 aliphatic heterocycles. The Morgan fingerprint density at radius 2 is 2.06 bits per heavy atom. The van der Waals surface area contributed by atoms with E-state index < -0.39 is 0 Å². The van der Waals surface area contributed by atoms with E-state index in [1.807, 2.05) is 31.2 Å². The number of nitrogens with zero attached hydrogens (tertiary/aromatic N) is 4. The van der Waals surface area contributed by atoms with Gasteiger partial charge in [-0.15, -0.1) is 10.2 Å². The molecular weight excluding hydrogens is 226 g/mol. The van der Waals surface area contributed by atoms with Gasteiger partial charge in [0.25, 0.3) is 0 Å². The SMILES string of the molecule is Cc1nc2ccccc2n2c(CCCN)nnc12. The molecule has 0 fully saturated rings. The number of hydrogen-bond donors (Lipinski definition) is 1. The molecule has 92 valence electrons. The third kappa shape index (κ3) is 1.64. The molecule has 2 N–H and O–H groups in total. The van der Waals surface area contributed by atoms with E-state index in [2.05, 4.69) is 19.6 Å². The minimum Gasteiger partial charge on any atom is -0.330 e. The second kappa shape index (κ2) is 4.34. The van der Waals surface area contributed by atoms with Crippen LogP contribution in [-0.4, -0.2) is 26.1 Å². The average molecular weight is 241 g/mol. The maximum absolute atomic E-state index is 5.56. The molecular formula is C13H15N5. The van der Waals surface area contributed by atoms with Crippen LogP contribution in [0.4, 0.5) is 0 Å². The molecule has 3 aromatic rings. The second-order valence-corrected chi connectivity index (χ2v) is 4.35. The Morgan fingerprint density at radius 3 is 2.89 bits per heavy atom. The maximum atomic E-state index is 5.56. The highest BCUT2D eigenvalue weighted by Crippen LogP contribution is 2.18. The molecule has 2 aromatic heterocycles. The topological polar surface area (TPSA) is 69.1 Å². The molecule has 0 aliphatic rings. The molecule has 0 amide bonds. The lowest BCUT2D eigenvalue weighted by Crippen LogP contribution is -2.04. The van der Waals surface area contributed by atoms with Gasteiger partial charge < -0.3 is 5.73 Å². The van der Waals surface area contributed by atoms with Crippen LogP contribution >= 0.6 is 0 Å². The molecule has 5 heteroatoms. The maximum Gasteiger partial charge on any atom is 0.182 e. The number of nitrogens with two attached hydrogens (primary N) is 1. The summed E-state index contributed by atoms with van der Waals surface area (Å²) < 4.78 is 2.09. The monoisotopic (exact) mass is 241 g/mol. The van der Waals surface area contributed by atoms with Crippen LogP contribution in [0.15, 0.2) is 24.3 Å². The highest BCUT2D eigenvalue weighted by molar-refractivity contribution is 5.78. The molecule has 0 radical (unpaired) electrons. The first kappa shape index (κ1) is 11.1. The predicted octanol–water partition coefficient (Wildman–Crippen LogP) is 1.48. The normalized spacial score (nSPS) is 11.4. The lowest BCUT2D eigenvalue weighted by Gasteiger charge is -2.05. The highest BCUT2D eigenvalue weighted by atomic mass is 15.3. The highest BCUT2D eigenvalue weighted by Gasteiger charge is 2.11. The summed E-state index contributed by atoms with van der Waals surface area (Å²) in [7, 11) is 0. The molecule has 0 saturated heterocycles. The molecule has 0 aliphatic carbocycles. The third-order valence-electron chi connectivity index (χ3n) is 3.07. The van der Waals surface area contributed by atoms with Crippen LogP contribution < -0.4 is 5.73 Å². The Morgan fingerprint density at radius 1 is 1.22 bits per heavy atom. The Labute approximate surface area is 105 Å². The smallest absolute Gasteiger partial charge is 0.182 e. The summed E-state index contributed by atoms with van der Waals surface area (Å²) in [6, 6.07) is 8.05. The largest absolute Gasteiger partial charge is 0.330 e. The van der Waals surface area contributed by atoms with Crippen LogP contribution in [0.2, 0.25) is 0 Å². The molecule has 1 aromatic carbocycles. The van der Waals surface area contributed by atoms with E-state index >= 15 is 0 Å². The molecule has 0 bridgehead atoms. The molecule has 18 heavy (non-hydrogen) atoms. The number of benzene rings is 1. The van der Waals surface area contributed by atoms with Crippen LogP contribution in [0.1, 0.15) is 17.9 Å². The van der Waals surface area contributed by atoms with Crippen LogP contribution in [0.5, 0.6) is 0 Å². The van der Waals surface area contributed by atoms with E-state index in [9.17, 15) is 0 Å². The second-order valence-electron chi connectivity index (χ2n) is 4.35. The predicted molar refractivity (Wildman–Crippen MR) is 70.4 cm³/mol. The number of hydrogen-bond acceptors (Lipinski definition) is 4. The molecule has 2 heterocycles. The van der Waals surface area contributed by atoms with Gasteiger partial charge in [0.05, 0.1) is 16.7 Å². The lowest BCUT2D eigenvalue weighted by molar-refractivity contribution is 0.774. The van der Waals surface area contributed by atoms with Crippen LogP contribution in [0.3, 0.4) is 0 Å². The number of rotatable bonds is 3. The minimum absolute atomic E-state index is 0.664. The van der Waals surface area contributed by atoms with Crippen LogP contribution in [-0.2, 0) is 6.42 Å². The fourth-order valence-corrected chi connectivity index (χ4v) is 2.20.